The zero-order chi connectivity index (χ0) is 13.4. The molecule has 0 heterocycles. The molecule has 0 aliphatic rings. The number of hydrogen-bond acceptors (Lipinski definition) is 1. The number of carbonyl (C=O) groups is 1. The van der Waals surface area contributed by atoms with Gasteiger partial charge in [-0.1, -0.05) is 30.7 Å². The van der Waals surface area contributed by atoms with Gasteiger partial charge in [0, 0.05) is 5.57 Å². The average molecular weight is 237 g/mol. The molecule has 0 fully saturated rings. The van der Waals surface area contributed by atoms with Gasteiger partial charge in [-0.15, -0.1) is 0 Å². The van der Waals surface area contributed by atoms with Crippen LogP contribution >= 0.6 is 0 Å². The van der Waals surface area contributed by atoms with Gasteiger partial charge in [-0.25, -0.2) is 4.39 Å². The Bertz CT molecular complexity index is 396. The lowest BCUT2D eigenvalue weighted by Gasteiger charge is -2.05. The molecule has 0 saturated heterocycles. The minimum absolute atomic E-state index is 0.315. The molecule has 0 rings (SSSR count). The summed E-state index contributed by atoms with van der Waals surface area (Å²) < 4.78 is 12.7. The van der Waals surface area contributed by atoms with Crippen molar-refractivity contribution in [3.05, 3.63) is 46.9 Å². The van der Waals surface area contributed by atoms with E-state index in [1.54, 1.807) is 19.1 Å². The summed E-state index contributed by atoms with van der Waals surface area (Å²) in [6.07, 6.45) is 7.23. The van der Waals surface area contributed by atoms with E-state index in [4.69, 9.17) is 5.73 Å². The zero-order valence-electron chi connectivity index (χ0n) is 10.9. The lowest BCUT2D eigenvalue weighted by atomic mass is 10.0. The van der Waals surface area contributed by atoms with E-state index in [1.165, 1.54) is 13.0 Å². The molecule has 94 valence electrons. The number of primary amides is 1. The van der Waals surface area contributed by atoms with Crippen molar-refractivity contribution in [2.45, 2.75) is 34.1 Å². The Morgan fingerprint density at radius 2 is 1.88 bits per heavy atom. The third kappa shape index (κ3) is 5.85. The molecule has 0 radical (unpaired) electrons. The quantitative estimate of drug-likeness (QED) is 0.576. The molecule has 0 atom stereocenters. The summed E-state index contributed by atoms with van der Waals surface area (Å²) in [5.74, 6) is -0.825. The fourth-order valence-electron chi connectivity index (χ4n) is 1.24. The fraction of sp³-hybridized carbons (Fsp3) is 0.357. The second-order valence-corrected chi connectivity index (χ2v) is 3.79. The van der Waals surface area contributed by atoms with Crippen molar-refractivity contribution in [1.82, 2.24) is 0 Å². The van der Waals surface area contributed by atoms with E-state index in [0.717, 1.165) is 12.0 Å². The van der Waals surface area contributed by atoms with E-state index in [-0.39, 0.29) is 5.83 Å². The molecule has 0 spiro atoms. The van der Waals surface area contributed by atoms with Crippen LogP contribution in [0.4, 0.5) is 4.39 Å². The highest BCUT2D eigenvalue weighted by Gasteiger charge is 2.07. The first-order chi connectivity index (χ1) is 7.92. The van der Waals surface area contributed by atoms with Crippen LogP contribution in [0.15, 0.2) is 46.9 Å². The number of nitrogens with two attached hydrogens (primary N) is 1. The maximum atomic E-state index is 12.7. The summed E-state index contributed by atoms with van der Waals surface area (Å²) >= 11 is 0. The summed E-state index contributed by atoms with van der Waals surface area (Å²) in [4.78, 5) is 11.3. The Morgan fingerprint density at radius 1 is 1.29 bits per heavy atom. The van der Waals surface area contributed by atoms with Gasteiger partial charge in [0.25, 0.3) is 0 Å². The van der Waals surface area contributed by atoms with E-state index in [1.807, 2.05) is 19.9 Å². The topological polar surface area (TPSA) is 43.1 Å². The molecule has 0 unspecified atom stereocenters. The third-order valence-corrected chi connectivity index (χ3v) is 2.32. The SMILES string of the molecule is C/C=C(/C(N)=O)C(=C/C=C(\C)F)/C=C(\C)CC. The van der Waals surface area contributed by atoms with E-state index < -0.39 is 5.91 Å². The molecule has 2 N–H and O–H groups in total. The summed E-state index contributed by atoms with van der Waals surface area (Å²) in [5, 5.41) is 0. The average Bonchev–Trinajstić information content (AvgIpc) is 2.25. The smallest absolute Gasteiger partial charge is 0.248 e. The van der Waals surface area contributed by atoms with Crippen LogP contribution in [0.5, 0.6) is 0 Å². The molecule has 0 saturated carbocycles. The maximum Gasteiger partial charge on any atom is 0.248 e. The van der Waals surface area contributed by atoms with Gasteiger partial charge in [0.1, 0.15) is 0 Å². The molecule has 2 nitrogen and oxygen atoms in total. The van der Waals surface area contributed by atoms with Gasteiger partial charge in [0.05, 0.1) is 5.83 Å². The van der Waals surface area contributed by atoms with Crippen LogP contribution in [-0.2, 0) is 4.79 Å². The third-order valence-electron chi connectivity index (χ3n) is 2.32. The van der Waals surface area contributed by atoms with Crippen LogP contribution in [0.1, 0.15) is 34.1 Å². The van der Waals surface area contributed by atoms with Crippen LogP contribution in [0.3, 0.4) is 0 Å². The Morgan fingerprint density at radius 3 is 2.24 bits per heavy atom. The van der Waals surface area contributed by atoms with Gasteiger partial charge in [-0.05, 0) is 38.8 Å². The van der Waals surface area contributed by atoms with Crippen LogP contribution in [0.2, 0.25) is 0 Å². The monoisotopic (exact) mass is 237 g/mol. The van der Waals surface area contributed by atoms with Crippen molar-refractivity contribution in [3.8, 4) is 0 Å². The second kappa shape index (κ2) is 7.60. The molecule has 0 aromatic rings. The molecule has 0 aliphatic heterocycles. The van der Waals surface area contributed by atoms with E-state index in [9.17, 15) is 9.18 Å². The Labute approximate surface area is 102 Å². The summed E-state index contributed by atoms with van der Waals surface area (Å²) in [6.45, 7) is 7.05. The number of allylic oxidation sites excluding steroid dienone is 6. The van der Waals surface area contributed by atoms with Gasteiger partial charge in [0.2, 0.25) is 5.91 Å². The van der Waals surface area contributed by atoms with Crippen LogP contribution < -0.4 is 5.73 Å². The highest BCUT2D eigenvalue weighted by Crippen LogP contribution is 2.16. The molecule has 17 heavy (non-hydrogen) atoms. The fourth-order valence-corrected chi connectivity index (χ4v) is 1.24. The molecule has 3 heteroatoms. The Balaban J connectivity index is 5.48. The van der Waals surface area contributed by atoms with Crippen LogP contribution in [-0.4, -0.2) is 5.91 Å². The van der Waals surface area contributed by atoms with Crippen LogP contribution in [0.25, 0.3) is 0 Å². The molecule has 1 amide bonds. The minimum Gasteiger partial charge on any atom is -0.366 e. The highest BCUT2D eigenvalue weighted by molar-refractivity contribution is 5.97. The zero-order valence-corrected chi connectivity index (χ0v) is 10.9. The van der Waals surface area contributed by atoms with Crippen molar-refractivity contribution in [1.29, 1.82) is 0 Å². The summed E-state index contributed by atoms with van der Waals surface area (Å²) in [5.41, 5.74) is 7.41. The summed E-state index contributed by atoms with van der Waals surface area (Å²) in [6, 6.07) is 0. The van der Waals surface area contributed by atoms with Gasteiger partial charge >= 0.3 is 0 Å². The van der Waals surface area contributed by atoms with Crippen LogP contribution in [0, 0.1) is 0 Å². The first kappa shape index (κ1) is 15.4. The van der Waals surface area contributed by atoms with Gasteiger partial charge in [0.15, 0.2) is 0 Å². The van der Waals surface area contributed by atoms with Crippen molar-refractivity contribution >= 4 is 5.91 Å². The number of carbonyl (C=O) groups excluding carboxylic acids is 1. The van der Waals surface area contributed by atoms with Crippen molar-refractivity contribution in [2.24, 2.45) is 5.73 Å². The van der Waals surface area contributed by atoms with E-state index >= 15 is 0 Å². The van der Waals surface area contributed by atoms with Crippen molar-refractivity contribution in [3.63, 3.8) is 0 Å². The Kier molecular flexibility index (Phi) is 6.87. The lowest BCUT2D eigenvalue weighted by molar-refractivity contribution is -0.114. The molecular formula is C14H20FNO. The van der Waals surface area contributed by atoms with E-state index in [2.05, 4.69) is 0 Å². The first-order valence-corrected chi connectivity index (χ1v) is 5.60. The lowest BCUT2D eigenvalue weighted by Crippen LogP contribution is -2.15. The number of halogens is 1. The van der Waals surface area contributed by atoms with E-state index in [0.29, 0.717) is 11.1 Å². The standard InChI is InChI=1S/C14H20FNO/c1-5-10(3)9-12(8-7-11(4)15)13(6-2)14(16)17/h6-9H,5H2,1-4H3,(H2,16,17)/b10-9+,11-7+,12-8+,13-6+. The molecule has 0 bridgehead atoms. The van der Waals surface area contributed by atoms with Gasteiger partial charge < -0.3 is 5.73 Å². The van der Waals surface area contributed by atoms with Crippen molar-refractivity contribution in [2.75, 3.05) is 0 Å². The minimum atomic E-state index is -0.510. The predicted molar refractivity (Wildman–Crippen MR) is 69.9 cm³/mol. The molecule has 0 aromatic heterocycles. The number of rotatable bonds is 5. The predicted octanol–water partition coefficient (Wildman–Crippen LogP) is 3.57. The molecule has 0 aliphatic carbocycles. The number of amides is 1. The largest absolute Gasteiger partial charge is 0.366 e. The molecule has 0 aromatic carbocycles. The number of hydrogen-bond donors (Lipinski definition) is 1. The van der Waals surface area contributed by atoms with Gasteiger partial charge in [-0.3, -0.25) is 4.79 Å². The Hall–Kier alpha value is -1.64. The summed E-state index contributed by atoms with van der Waals surface area (Å²) in [7, 11) is 0. The van der Waals surface area contributed by atoms with Gasteiger partial charge in [-0.2, -0.15) is 0 Å². The maximum absolute atomic E-state index is 12.7. The van der Waals surface area contributed by atoms with Crippen molar-refractivity contribution < 1.29 is 9.18 Å². The highest BCUT2D eigenvalue weighted by atomic mass is 19.1. The first-order valence-electron chi connectivity index (χ1n) is 5.60. The normalized spacial score (nSPS) is 15.1. The second-order valence-electron chi connectivity index (χ2n) is 3.79. The molecular weight excluding hydrogens is 217 g/mol.